The van der Waals surface area contributed by atoms with Gasteiger partial charge in [0.15, 0.2) is 0 Å². The Morgan fingerprint density at radius 3 is 2.64 bits per heavy atom. The van der Waals surface area contributed by atoms with E-state index in [9.17, 15) is 5.11 Å². The predicted octanol–water partition coefficient (Wildman–Crippen LogP) is 1.96. The molecule has 84 valence electrons. The van der Waals surface area contributed by atoms with Gasteiger partial charge >= 0.3 is 0 Å². The summed E-state index contributed by atoms with van der Waals surface area (Å²) in [4.78, 5) is 0. The van der Waals surface area contributed by atoms with Crippen LogP contribution in [0.4, 0.5) is 0 Å². The summed E-state index contributed by atoms with van der Waals surface area (Å²) in [6, 6.07) is 0. The van der Waals surface area contributed by atoms with E-state index in [4.69, 9.17) is 9.47 Å². The van der Waals surface area contributed by atoms with Gasteiger partial charge in [0, 0.05) is 13.7 Å². The molecule has 0 radical (unpaired) electrons. The molecule has 0 rings (SSSR count). The van der Waals surface area contributed by atoms with Crippen LogP contribution in [0.15, 0.2) is 12.2 Å². The number of methoxy groups -OCH3 is 1. The fourth-order valence-corrected chi connectivity index (χ4v) is 0.903. The second-order valence-electron chi connectivity index (χ2n) is 3.62. The molecule has 0 aromatic carbocycles. The Morgan fingerprint density at radius 2 is 2.07 bits per heavy atom. The average Bonchev–Trinajstić information content (AvgIpc) is 2.16. The first-order chi connectivity index (χ1) is 6.68. The van der Waals surface area contributed by atoms with Crippen molar-refractivity contribution in [2.24, 2.45) is 5.92 Å². The molecule has 0 aromatic rings. The highest BCUT2D eigenvalue weighted by molar-refractivity contribution is 4.89. The van der Waals surface area contributed by atoms with E-state index in [1.807, 2.05) is 26.0 Å². The third-order valence-electron chi connectivity index (χ3n) is 1.88. The normalized spacial score (nSPS) is 14.1. The fourth-order valence-electron chi connectivity index (χ4n) is 0.903. The van der Waals surface area contributed by atoms with Gasteiger partial charge in [0.2, 0.25) is 0 Å². The molecule has 1 atom stereocenters. The standard InChI is InChI=1S/C11H22O3/c1-10(2)11(12)7-5-4-6-8-14-9-13-3/h5,7,10-12H,4,6,8-9H2,1-3H3/t11-/m1/s1. The molecule has 0 heterocycles. The van der Waals surface area contributed by atoms with Crippen LogP contribution >= 0.6 is 0 Å². The zero-order valence-corrected chi connectivity index (χ0v) is 9.40. The van der Waals surface area contributed by atoms with Gasteiger partial charge in [-0.3, -0.25) is 0 Å². The maximum atomic E-state index is 9.43. The Balaban J connectivity index is 3.26. The Morgan fingerprint density at radius 1 is 1.36 bits per heavy atom. The highest BCUT2D eigenvalue weighted by Gasteiger charge is 2.02. The number of ether oxygens (including phenoxy) is 2. The zero-order chi connectivity index (χ0) is 10.8. The monoisotopic (exact) mass is 202 g/mol. The number of rotatable bonds is 8. The lowest BCUT2D eigenvalue weighted by atomic mass is 10.1. The van der Waals surface area contributed by atoms with Crippen molar-refractivity contribution >= 4 is 0 Å². The van der Waals surface area contributed by atoms with Crippen LogP contribution in [0.25, 0.3) is 0 Å². The Labute approximate surface area is 86.7 Å². The molecular formula is C11H22O3. The highest BCUT2D eigenvalue weighted by atomic mass is 16.7. The summed E-state index contributed by atoms with van der Waals surface area (Å²) in [7, 11) is 1.61. The van der Waals surface area contributed by atoms with Gasteiger partial charge in [0.25, 0.3) is 0 Å². The van der Waals surface area contributed by atoms with Gasteiger partial charge in [-0.25, -0.2) is 0 Å². The minimum atomic E-state index is -0.324. The van der Waals surface area contributed by atoms with Crippen LogP contribution in [-0.4, -0.2) is 31.7 Å². The largest absolute Gasteiger partial charge is 0.389 e. The lowest BCUT2D eigenvalue weighted by Gasteiger charge is -2.08. The van der Waals surface area contributed by atoms with Gasteiger partial charge in [0.1, 0.15) is 6.79 Å². The molecule has 0 spiro atoms. The molecular weight excluding hydrogens is 180 g/mol. The number of allylic oxidation sites excluding steroid dienone is 1. The van der Waals surface area contributed by atoms with Gasteiger partial charge in [-0.15, -0.1) is 0 Å². The van der Waals surface area contributed by atoms with Crippen molar-refractivity contribution in [1.82, 2.24) is 0 Å². The lowest BCUT2D eigenvalue weighted by Crippen LogP contribution is -2.10. The molecule has 0 bridgehead atoms. The van der Waals surface area contributed by atoms with E-state index in [0.717, 1.165) is 12.8 Å². The molecule has 0 aliphatic carbocycles. The second-order valence-corrected chi connectivity index (χ2v) is 3.62. The van der Waals surface area contributed by atoms with E-state index in [2.05, 4.69) is 0 Å². The SMILES string of the molecule is COCOCCCC=C[C@@H](O)C(C)C. The third kappa shape index (κ3) is 8.23. The molecule has 0 saturated carbocycles. The van der Waals surface area contributed by atoms with E-state index >= 15 is 0 Å². The van der Waals surface area contributed by atoms with E-state index in [1.165, 1.54) is 0 Å². The summed E-state index contributed by atoms with van der Waals surface area (Å²) in [6.07, 6.45) is 5.43. The van der Waals surface area contributed by atoms with Crippen LogP contribution in [0.3, 0.4) is 0 Å². The molecule has 0 saturated heterocycles. The van der Waals surface area contributed by atoms with Crippen LogP contribution in [-0.2, 0) is 9.47 Å². The molecule has 0 unspecified atom stereocenters. The van der Waals surface area contributed by atoms with E-state index in [1.54, 1.807) is 7.11 Å². The van der Waals surface area contributed by atoms with Gasteiger partial charge in [-0.1, -0.05) is 26.0 Å². The fraction of sp³-hybridized carbons (Fsp3) is 0.818. The highest BCUT2D eigenvalue weighted by Crippen LogP contribution is 2.03. The first-order valence-corrected chi connectivity index (χ1v) is 5.10. The number of aliphatic hydroxyl groups excluding tert-OH is 1. The molecule has 3 nitrogen and oxygen atoms in total. The van der Waals surface area contributed by atoms with Crippen LogP contribution < -0.4 is 0 Å². The zero-order valence-electron chi connectivity index (χ0n) is 9.40. The van der Waals surface area contributed by atoms with Gasteiger partial charge in [-0.2, -0.15) is 0 Å². The summed E-state index contributed by atoms with van der Waals surface area (Å²) in [5.41, 5.74) is 0. The maximum Gasteiger partial charge on any atom is 0.146 e. The van der Waals surface area contributed by atoms with E-state index in [-0.39, 0.29) is 12.0 Å². The topological polar surface area (TPSA) is 38.7 Å². The van der Waals surface area contributed by atoms with Crippen molar-refractivity contribution in [1.29, 1.82) is 0 Å². The van der Waals surface area contributed by atoms with Crippen molar-refractivity contribution in [2.45, 2.75) is 32.8 Å². The smallest absolute Gasteiger partial charge is 0.146 e. The third-order valence-corrected chi connectivity index (χ3v) is 1.88. The summed E-state index contributed by atoms with van der Waals surface area (Å²) in [6.45, 7) is 5.06. The summed E-state index contributed by atoms with van der Waals surface area (Å²) < 4.78 is 9.86. The Kier molecular flexibility index (Phi) is 8.94. The summed E-state index contributed by atoms with van der Waals surface area (Å²) in [5.74, 6) is 0.288. The van der Waals surface area contributed by atoms with E-state index in [0.29, 0.717) is 13.4 Å². The Bertz CT molecular complexity index is 143. The second kappa shape index (κ2) is 9.19. The molecule has 0 aliphatic heterocycles. The minimum Gasteiger partial charge on any atom is -0.389 e. The van der Waals surface area contributed by atoms with Crippen LogP contribution in [0, 0.1) is 5.92 Å². The Hall–Kier alpha value is -0.380. The number of hydrogen-bond donors (Lipinski definition) is 1. The molecule has 3 heteroatoms. The van der Waals surface area contributed by atoms with Gasteiger partial charge < -0.3 is 14.6 Å². The number of unbranched alkanes of at least 4 members (excludes halogenated alkanes) is 1. The average molecular weight is 202 g/mol. The number of aliphatic hydroxyl groups is 1. The van der Waals surface area contributed by atoms with Crippen molar-refractivity contribution in [3.63, 3.8) is 0 Å². The lowest BCUT2D eigenvalue weighted by molar-refractivity contribution is -0.0308. The summed E-state index contributed by atoms with van der Waals surface area (Å²) in [5, 5.41) is 9.43. The van der Waals surface area contributed by atoms with Crippen molar-refractivity contribution < 1.29 is 14.6 Å². The molecule has 0 aliphatic rings. The molecule has 0 amide bonds. The first kappa shape index (κ1) is 13.6. The quantitative estimate of drug-likeness (QED) is 0.371. The van der Waals surface area contributed by atoms with Gasteiger partial charge in [-0.05, 0) is 18.8 Å². The van der Waals surface area contributed by atoms with Crippen molar-refractivity contribution in [3.05, 3.63) is 12.2 Å². The molecule has 0 fully saturated rings. The first-order valence-electron chi connectivity index (χ1n) is 5.10. The van der Waals surface area contributed by atoms with Crippen LogP contribution in [0.5, 0.6) is 0 Å². The van der Waals surface area contributed by atoms with Crippen LogP contribution in [0.1, 0.15) is 26.7 Å². The minimum absolute atomic E-state index is 0.288. The van der Waals surface area contributed by atoms with Gasteiger partial charge in [0.05, 0.1) is 6.10 Å². The molecule has 14 heavy (non-hydrogen) atoms. The van der Waals surface area contributed by atoms with Crippen molar-refractivity contribution in [2.75, 3.05) is 20.5 Å². The molecule has 0 aromatic heterocycles. The summed E-state index contributed by atoms with van der Waals surface area (Å²) >= 11 is 0. The predicted molar refractivity (Wildman–Crippen MR) is 57.0 cm³/mol. The molecule has 1 N–H and O–H groups in total. The maximum absolute atomic E-state index is 9.43. The van der Waals surface area contributed by atoms with Crippen molar-refractivity contribution in [3.8, 4) is 0 Å². The van der Waals surface area contributed by atoms with Crippen LogP contribution in [0.2, 0.25) is 0 Å². The van der Waals surface area contributed by atoms with E-state index < -0.39 is 0 Å². The number of hydrogen-bond acceptors (Lipinski definition) is 3.